The van der Waals surface area contributed by atoms with E-state index < -0.39 is 0 Å². The fourth-order valence-electron chi connectivity index (χ4n) is 3.92. The summed E-state index contributed by atoms with van der Waals surface area (Å²) in [5.74, 6) is 2.63. The van der Waals surface area contributed by atoms with Crippen LogP contribution in [0.15, 0.2) is 34.5 Å². The lowest BCUT2D eigenvalue weighted by molar-refractivity contribution is -0.121. The largest absolute Gasteiger partial charge is 0.493 e. The molecule has 0 aliphatic rings. The molecule has 0 radical (unpaired) electrons. The average Bonchev–Trinajstić information content (AvgIpc) is 2.99. The van der Waals surface area contributed by atoms with Crippen molar-refractivity contribution < 1.29 is 38.0 Å². The molecule has 2 N–H and O–H groups in total. The number of hydrazone groups is 2. The van der Waals surface area contributed by atoms with E-state index in [9.17, 15) is 9.59 Å². The van der Waals surface area contributed by atoms with Gasteiger partial charge in [0.25, 0.3) is 0 Å². The van der Waals surface area contributed by atoms with Crippen molar-refractivity contribution in [3.8, 4) is 34.5 Å². The minimum absolute atomic E-state index is 0.168. The summed E-state index contributed by atoms with van der Waals surface area (Å²) < 4.78 is 31.9. The van der Waals surface area contributed by atoms with Crippen LogP contribution in [-0.2, 0) is 9.59 Å². The van der Waals surface area contributed by atoms with Gasteiger partial charge in [0, 0.05) is 24.0 Å². The molecule has 2 aromatic carbocycles. The van der Waals surface area contributed by atoms with Crippen molar-refractivity contribution in [3.63, 3.8) is 0 Å². The third-order valence-electron chi connectivity index (χ3n) is 5.99. The zero-order chi connectivity index (χ0) is 30.0. The average molecular weight is 573 g/mol. The highest BCUT2D eigenvalue weighted by Crippen LogP contribution is 2.38. The Morgan fingerprint density at radius 2 is 0.878 bits per heavy atom. The maximum Gasteiger partial charge on any atom is 0.240 e. The van der Waals surface area contributed by atoms with Crippen LogP contribution in [-0.4, -0.2) is 66.9 Å². The van der Waals surface area contributed by atoms with E-state index in [1.165, 1.54) is 55.1 Å². The third-order valence-corrected chi connectivity index (χ3v) is 5.99. The normalized spacial score (nSPS) is 10.9. The Balaban J connectivity index is 1.63. The highest BCUT2D eigenvalue weighted by molar-refractivity contribution is 5.85. The Morgan fingerprint density at radius 1 is 0.561 bits per heavy atom. The number of unbranched alkanes of at least 4 members (excludes halogenated alkanes) is 4. The van der Waals surface area contributed by atoms with Gasteiger partial charge in [0.2, 0.25) is 23.3 Å². The van der Waals surface area contributed by atoms with Gasteiger partial charge in [-0.1, -0.05) is 19.3 Å². The molecule has 0 atom stereocenters. The van der Waals surface area contributed by atoms with Crippen LogP contribution in [0.5, 0.6) is 34.5 Å². The van der Waals surface area contributed by atoms with Crippen molar-refractivity contribution in [1.82, 2.24) is 10.9 Å². The van der Waals surface area contributed by atoms with Crippen LogP contribution in [0, 0.1) is 0 Å². The maximum absolute atomic E-state index is 12.1. The first kappa shape index (κ1) is 32.7. The van der Waals surface area contributed by atoms with Crippen LogP contribution in [0.2, 0.25) is 0 Å². The van der Waals surface area contributed by atoms with Crippen molar-refractivity contribution in [2.75, 3.05) is 42.7 Å². The number of nitrogens with one attached hydrogen (secondary N) is 2. The lowest BCUT2D eigenvalue weighted by atomic mass is 10.1. The lowest BCUT2D eigenvalue weighted by Crippen LogP contribution is -2.17. The molecule has 0 aromatic heterocycles. The fourth-order valence-corrected chi connectivity index (χ4v) is 3.92. The van der Waals surface area contributed by atoms with E-state index in [4.69, 9.17) is 28.4 Å². The van der Waals surface area contributed by atoms with Crippen molar-refractivity contribution >= 4 is 24.2 Å². The Bertz CT molecular complexity index is 1060. The van der Waals surface area contributed by atoms with Crippen molar-refractivity contribution in [2.45, 2.75) is 44.9 Å². The lowest BCUT2D eigenvalue weighted by Gasteiger charge is -2.12. The molecule has 0 heterocycles. The Labute approximate surface area is 241 Å². The molecule has 0 fully saturated rings. The first-order chi connectivity index (χ1) is 19.9. The molecular weight excluding hydrogens is 532 g/mol. The number of nitrogens with zero attached hydrogens (tertiary/aromatic N) is 2. The molecule has 41 heavy (non-hydrogen) atoms. The molecule has 224 valence electrons. The summed E-state index contributed by atoms with van der Waals surface area (Å²) in [7, 11) is 9.19. The van der Waals surface area contributed by atoms with Crippen molar-refractivity contribution in [2.24, 2.45) is 10.2 Å². The van der Waals surface area contributed by atoms with Gasteiger partial charge in [-0.05, 0) is 37.1 Å². The molecule has 0 bridgehead atoms. The summed E-state index contributed by atoms with van der Waals surface area (Å²) in [6, 6.07) is 6.94. The van der Waals surface area contributed by atoms with Crippen LogP contribution in [0.1, 0.15) is 56.1 Å². The monoisotopic (exact) mass is 572 g/mol. The quantitative estimate of drug-likeness (QED) is 0.155. The van der Waals surface area contributed by atoms with Gasteiger partial charge in [0.1, 0.15) is 0 Å². The number of ether oxygens (including phenoxy) is 6. The summed E-state index contributed by atoms with van der Waals surface area (Å²) in [4.78, 5) is 24.2. The van der Waals surface area contributed by atoms with E-state index in [0.29, 0.717) is 58.5 Å². The van der Waals surface area contributed by atoms with Crippen molar-refractivity contribution in [1.29, 1.82) is 0 Å². The van der Waals surface area contributed by atoms with Gasteiger partial charge in [-0.25, -0.2) is 10.9 Å². The molecule has 0 unspecified atom stereocenters. The smallest absolute Gasteiger partial charge is 0.240 e. The highest BCUT2D eigenvalue weighted by atomic mass is 16.5. The standard InChI is InChI=1S/C29H40N4O8/c1-36-22-14-20(15-23(37-2)28(22)40-5)18-30-32-26(34)12-10-8-7-9-11-13-27(35)33-31-19-21-16-24(38-3)29(41-6)25(17-21)39-4/h14-19H,7-13H2,1-6H3,(H,32,34)(H,33,35). The molecule has 12 heteroatoms. The van der Waals surface area contributed by atoms with Gasteiger partial charge in [-0.3, -0.25) is 9.59 Å². The summed E-state index contributed by atoms with van der Waals surface area (Å²) in [5, 5.41) is 8.03. The number of carbonyl (C=O) groups is 2. The molecular formula is C29H40N4O8. The summed E-state index contributed by atoms with van der Waals surface area (Å²) in [5.41, 5.74) is 6.45. The number of benzene rings is 2. The summed E-state index contributed by atoms with van der Waals surface area (Å²) in [6.07, 6.45) is 7.91. The number of hydrogen-bond acceptors (Lipinski definition) is 10. The molecule has 0 aliphatic carbocycles. The Morgan fingerprint density at radius 3 is 1.17 bits per heavy atom. The number of rotatable bonds is 18. The number of carbonyl (C=O) groups excluding carboxylic acids is 2. The topological polar surface area (TPSA) is 138 Å². The van der Waals surface area contributed by atoms with Gasteiger partial charge < -0.3 is 28.4 Å². The van der Waals surface area contributed by atoms with Crippen molar-refractivity contribution in [3.05, 3.63) is 35.4 Å². The molecule has 0 saturated carbocycles. The van der Waals surface area contributed by atoms with E-state index in [-0.39, 0.29) is 11.8 Å². The van der Waals surface area contributed by atoms with Crippen LogP contribution < -0.4 is 39.3 Å². The Hall–Kier alpha value is -4.48. The minimum Gasteiger partial charge on any atom is -0.493 e. The summed E-state index contributed by atoms with van der Waals surface area (Å²) in [6.45, 7) is 0. The molecule has 12 nitrogen and oxygen atoms in total. The van der Waals surface area contributed by atoms with E-state index in [2.05, 4.69) is 21.1 Å². The van der Waals surface area contributed by atoms with Gasteiger partial charge >= 0.3 is 0 Å². The SMILES string of the molecule is COc1cc(C=NNC(=O)CCCCCCCC(=O)NN=Cc2cc(OC)c(OC)c(OC)c2)cc(OC)c1OC. The molecule has 2 aromatic rings. The molecule has 0 saturated heterocycles. The van der Waals surface area contributed by atoms with Crippen LogP contribution in [0.3, 0.4) is 0 Å². The second-order valence-corrected chi connectivity index (χ2v) is 8.77. The minimum atomic E-state index is -0.168. The predicted octanol–water partition coefficient (Wildman–Crippen LogP) is 4.07. The first-order valence-corrected chi connectivity index (χ1v) is 13.1. The Kier molecular flexibility index (Phi) is 14.4. The van der Waals surface area contributed by atoms with Gasteiger partial charge in [0.05, 0.1) is 55.1 Å². The van der Waals surface area contributed by atoms with Crippen LogP contribution in [0.25, 0.3) is 0 Å². The van der Waals surface area contributed by atoms with Crippen LogP contribution >= 0.6 is 0 Å². The molecule has 0 spiro atoms. The molecule has 0 aliphatic heterocycles. The predicted molar refractivity (Wildman–Crippen MR) is 156 cm³/mol. The zero-order valence-corrected chi connectivity index (χ0v) is 24.6. The number of hydrogen-bond donors (Lipinski definition) is 2. The van der Waals surface area contributed by atoms with Gasteiger partial charge in [-0.15, -0.1) is 0 Å². The fraction of sp³-hybridized carbons (Fsp3) is 0.448. The second-order valence-electron chi connectivity index (χ2n) is 8.77. The number of amides is 2. The third kappa shape index (κ3) is 10.5. The van der Waals surface area contributed by atoms with Gasteiger partial charge in [-0.2, -0.15) is 10.2 Å². The van der Waals surface area contributed by atoms with E-state index in [1.807, 2.05) is 0 Å². The number of methoxy groups -OCH3 is 6. The van der Waals surface area contributed by atoms with Crippen LogP contribution in [0.4, 0.5) is 0 Å². The highest BCUT2D eigenvalue weighted by Gasteiger charge is 2.13. The zero-order valence-electron chi connectivity index (χ0n) is 24.6. The second kappa shape index (κ2) is 18.0. The molecule has 2 amide bonds. The van der Waals surface area contributed by atoms with E-state index >= 15 is 0 Å². The van der Waals surface area contributed by atoms with E-state index in [1.54, 1.807) is 24.3 Å². The maximum atomic E-state index is 12.1. The summed E-state index contributed by atoms with van der Waals surface area (Å²) >= 11 is 0. The van der Waals surface area contributed by atoms with Gasteiger partial charge in [0.15, 0.2) is 23.0 Å². The molecule has 2 rings (SSSR count). The van der Waals surface area contributed by atoms with E-state index in [0.717, 1.165) is 32.1 Å². The first-order valence-electron chi connectivity index (χ1n) is 13.1.